The van der Waals surface area contributed by atoms with Crippen molar-refractivity contribution >= 4 is 35.4 Å². The molecule has 204 valence electrons. The summed E-state index contributed by atoms with van der Waals surface area (Å²) in [5, 5.41) is 7.47. The molecule has 0 unspecified atom stereocenters. The van der Waals surface area contributed by atoms with Gasteiger partial charge in [0.05, 0.1) is 13.5 Å². The number of rotatable bonds is 12. The van der Waals surface area contributed by atoms with Crippen LogP contribution in [0.25, 0.3) is 0 Å². The Balaban J connectivity index is 3.09. The van der Waals surface area contributed by atoms with Crippen LogP contribution in [0.4, 0.5) is 0 Å². The van der Waals surface area contributed by atoms with Crippen molar-refractivity contribution in [1.29, 1.82) is 0 Å². The molecule has 0 spiro atoms. The van der Waals surface area contributed by atoms with Gasteiger partial charge in [-0.25, -0.2) is 4.79 Å². The van der Waals surface area contributed by atoms with Crippen molar-refractivity contribution in [2.75, 3.05) is 7.11 Å². The van der Waals surface area contributed by atoms with Crippen molar-refractivity contribution in [3.8, 4) is 0 Å². The van der Waals surface area contributed by atoms with E-state index in [9.17, 15) is 28.8 Å². The van der Waals surface area contributed by atoms with Gasteiger partial charge >= 0.3 is 11.9 Å². The van der Waals surface area contributed by atoms with Crippen LogP contribution in [0.15, 0.2) is 30.3 Å². The lowest BCUT2D eigenvalue weighted by molar-refractivity contribution is -0.156. The van der Waals surface area contributed by atoms with Crippen LogP contribution in [-0.2, 0) is 44.7 Å². The highest BCUT2D eigenvalue weighted by Crippen LogP contribution is 2.11. The molecule has 11 nitrogen and oxygen atoms in total. The van der Waals surface area contributed by atoms with Crippen molar-refractivity contribution in [3.05, 3.63) is 35.9 Å². The number of carbonyl (C=O) groups is 6. The standard InChI is InChI=1S/C26H37N3O8/c1-15(2)21(29-23(33)19(27-16(3)30)14-20(31)37-26(4,5)6)24(34)28-18(22(32)25(35)36-7)13-17-11-9-8-10-12-17/h8-12,15,18-19,21H,13-14H2,1-7H3,(H,27,30)(H,28,34)(H,29,33)/t18-,19-,21-/m0/s1. The second-order valence-corrected chi connectivity index (χ2v) is 9.88. The monoisotopic (exact) mass is 519 g/mol. The SMILES string of the molecule is COC(=O)C(=O)[C@H](Cc1ccccc1)NC(=O)[C@@H](NC(=O)[C@H](CC(=O)OC(C)(C)C)NC(C)=O)C(C)C. The molecule has 0 saturated heterocycles. The molecule has 3 atom stereocenters. The van der Waals surface area contributed by atoms with E-state index in [4.69, 9.17) is 4.74 Å². The van der Waals surface area contributed by atoms with Gasteiger partial charge in [-0.3, -0.25) is 24.0 Å². The Morgan fingerprint density at radius 2 is 1.46 bits per heavy atom. The van der Waals surface area contributed by atoms with Gasteiger partial charge in [-0.1, -0.05) is 44.2 Å². The highest BCUT2D eigenvalue weighted by atomic mass is 16.6. The maximum atomic E-state index is 13.2. The molecule has 0 saturated carbocycles. The molecule has 1 aromatic carbocycles. The number of amides is 3. The zero-order valence-corrected chi connectivity index (χ0v) is 22.4. The number of methoxy groups -OCH3 is 1. The topological polar surface area (TPSA) is 157 Å². The first-order valence-corrected chi connectivity index (χ1v) is 11.9. The minimum atomic E-state index is -1.29. The number of hydrogen-bond donors (Lipinski definition) is 3. The minimum absolute atomic E-state index is 0.0203. The highest BCUT2D eigenvalue weighted by molar-refractivity contribution is 6.36. The molecule has 0 radical (unpaired) electrons. The van der Waals surface area contributed by atoms with E-state index in [1.54, 1.807) is 65.0 Å². The normalized spacial score (nSPS) is 13.5. The molecule has 11 heteroatoms. The molecule has 0 aromatic heterocycles. The molecule has 1 aromatic rings. The molecular weight excluding hydrogens is 482 g/mol. The van der Waals surface area contributed by atoms with Gasteiger partial charge < -0.3 is 25.4 Å². The number of ether oxygens (including phenoxy) is 2. The van der Waals surface area contributed by atoms with Crippen LogP contribution in [0.1, 0.15) is 53.5 Å². The number of esters is 2. The summed E-state index contributed by atoms with van der Waals surface area (Å²) in [6.45, 7) is 9.52. The molecule has 3 amide bonds. The van der Waals surface area contributed by atoms with Gasteiger partial charge in [0.25, 0.3) is 5.78 Å². The molecule has 0 bridgehead atoms. The van der Waals surface area contributed by atoms with E-state index in [0.717, 1.165) is 7.11 Å². The van der Waals surface area contributed by atoms with E-state index in [1.165, 1.54) is 6.92 Å². The van der Waals surface area contributed by atoms with Crippen molar-refractivity contribution in [2.45, 2.75) is 78.1 Å². The average molecular weight is 520 g/mol. The number of nitrogens with one attached hydrogen (secondary N) is 3. The Labute approximate surface area is 217 Å². The molecule has 0 fully saturated rings. The summed E-state index contributed by atoms with van der Waals surface area (Å²) < 4.78 is 9.77. The zero-order valence-electron chi connectivity index (χ0n) is 22.4. The van der Waals surface area contributed by atoms with Crippen LogP contribution in [0.2, 0.25) is 0 Å². The summed E-state index contributed by atoms with van der Waals surface area (Å²) in [7, 11) is 1.06. The predicted octanol–water partition coefficient (Wildman–Crippen LogP) is 0.833. The maximum Gasteiger partial charge on any atom is 0.376 e. The third kappa shape index (κ3) is 11.2. The first-order valence-electron chi connectivity index (χ1n) is 11.9. The third-order valence-electron chi connectivity index (χ3n) is 5.03. The van der Waals surface area contributed by atoms with Crippen molar-refractivity contribution < 1.29 is 38.2 Å². The fourth-order valence-electron chi connectivity index (χ4n) is 3.36. The number of carbonyl (C=O) groups excluding carboxylic acids is 6. The Morgan fingerprint density at radius 1 is 0.865 bits per heavy atom. The number of ketones is 1. The first-order chi connectivity index (χ1) is 17.1. The minimum Gasteiger partial charge on any atom is -0.463 e. The Hall–Kier alpha value is -3.76. The molecule has 37 heavy (non-hydrogen) atoms. The molecule has 0 aliphatic carbocycles. The lowest BCUT2D eigenvalue weighted by Gasteiger charge is -2.27. The van der Waals surface area contributed by atoms with Crippen LogP contribution in [-0.4, -0.2) is 66.3 Å². The third-order valence-corrected chi connectivity index (χ3v) is 5.03. The van der Waals surface area contributed by atoms with Crippen molar-refractivity contribution in [3.63, 3.8) is 0 Å². The lowest BCUT2D eigenvalue weighted by Crippen LogP contribution is -2.58. The smallest absolute Gasteiger partial charge is 0.376 e. The largest absolute Gasteiger partial charge is 0.463 e. The lowest BCUT2D eigenvalue weighted by atomic mass is 9.99. The summed E-state index contributed by atoms with van der Waals surface area (Å²) in [5.74, 6) is -5.29. The highest BCUT2D eigenvalue weighted by Gasteiger charge is 2.34. The quantitative estimate of drug-likeness (QED) is 0.271. The van der Waals surface area contributed by atoms with Gasteiger partial charge in [0.2, 0.25) is 17.7 Å². The van der Waals surface area contributed by atoms with Gasteiger partial charge in [0.1, 0.15) is 23.7 Å². The summed E-state index contributed by atoms with van der Waals surface area (Å²) in [6.07, 6.45) is -0.432. The summed E-state index contributed by atoms with van der Waals surface area (Å²) in [4.78, 5) is 74.7. The van der Waals surface area contributed by atoms with E-state index >= 15 is 0 Å². The first kappa shape index (κ1) is 31.3. The van der Waals surface area contributed by atoms with Crippen LogP contribution >= 0.6 is 0 Å². The maximum absolute atomic E-state index is 13.2. The van der Waals surface area contributed by atoms with Gasteiger partial charge in [0, 0.05) is 13.3 Å². The van der Waals surface area contributed by atoms with E-state index < -0.39 is 71.5 Å². The van der Waals surface area contributed by atoms with Gasteiger partial charge in [-0.15, -0.1) is 0 Å². The van der Waals surface area contributed by atoms with Crippen LogP contribution < -0.4 is 16.0 Å². The van der Waals surface area contributed by atoms with Gasteiger partial charge in [-0.2, -0.15) is 0 Å². The fourth-order valence-corrected chi connectivity index (χ4v) is 3.36. The van der Waals surface area contributed by atoms with Crippen molar-refractivity contribution in [1.82, 2.24) is 16.0 Å². The Kier molecular flexibility index (Phi) is 11.9. The fraction of sp³-hybridized carbons (Fsp3) is 0.538. The van der Waals surface area contributed by atoms with E-state index in [-0.39, 0.29) is 6.42 Å². The molecule has 0 aliphatic rings. The van der Waals surface area contributed by atoms with Crippen LogP contribution in [0.3, 0.4) is 0 Å². The number of benzene rings is 1. The zero-order chi connectivity index (χ0) is 28.3. The predicted molar refractivity (Wildman–Crippen MR) is 134 cm³/mol. The van der Waals surface area contributed by atoms with Gasteiger partial charge in [0.15, 0.2) is 0 Å². The van der Waals surface area contributed by atoms with Crippen LogP contribution in [0.5, 0.6) is 0 Å². The number of hydrogen-bond acceptors (Lipinski definition) is 8. The second kappa shape index (κ2) is 14.1. The Bertz CT molecular complexity index is 985. The van der Waals surface area contributed by atoms with Crippen LogP contribution in [0, 0.1) is 5.92 Å². The van der Waals surface area contributed by atoms with E-state index in [1.807, 2.05) is 0 Å². The van der Waals surface area contributed by atoms with E-state index in [0.29, 0.717) is 5.56 Å². The number of Topliss-reactive ketones (excluding diaryl/α,β-unsaturated/α-hetero) is 1. The Morgan fingerprint density at radius 3 is 1.95 bits per heavy atom. The molecule has 3 N–H and O–H groups in total. The molecule has 1 rings (SSSR count). The molecular formula is C26H37N3O8. The second-order valence-electron chi connectivity index (χ2n) is 9.88. The summed E-state index contributed by atoms with van der Waals surface area (Å²) in [6, 6.07) is 5.08. The van der Waals surface area contributed by atoms with Gasteiger partial charge in [-0.05, 0) is 32.3 Å². The van der Waals surface area contributed by atoms with E-state index in [2.05, 4.69) is 20.7 Å². The molecule has 0 heterocycles. The summed E-state index contributed by atoms with van der Waals surface area (Å²) >= 11 is 0. The summed E-state index contributed by atoms with van der Waals surface area (Å²) in [5.41, 5.74) is -0.104. The van der Waals surface area contributed by atoms with Crippen molar-refractivity contribution in [2.24, 2.45) is 5.92 Å². The average Bonchev–Trinajstić information content (AvgIpc) is 2.79. The molecule has 0 aliphatic heterocycles.